The van der Waals surface area contributed by atoms with E-state index in [0.29, 0.717) is 13.0 Å². The summed E-state index contributed by atoms with van der Waals surface area (Å²) in [7, 11) is -4.27. The summed E-state index contributed by atoms with van der Waals surface area (Å²) in [5.74, 6) is -0.345. The summed E-state index contributed by atoms with van der Waals surface area (Å²) in [4.78, 5) is 22.2. The van der Waals surface area contributed by atoms with Crippen LogP contribution >= 0.6 is 7.82 Å². The number of phosphoric acid groups is 1. The highest BCUT2D eigenvalue weighted by Crippen LogP contribution is 2.43. The van der Waals surface area contributed by atoms with Gasteiger partial charge in [-0.3, -0.25) is 13.8 Å². The third kappa shape index (κ3) is 39.2. The van der Waals surface area contributed by atoms with Gasteiger partial charge in [0.15, 0.2) is 0 Å². The molecular weight excluding hydrogens is 673 g/mol. The molecule has 300 valence electrons. The van der Waals surface area contributed by atoms with E-state index in [9.17, 15) is 14.3 Å². The topological polar surface area (TPSA) is 117 Å². The minimum atomic E-state index is -4.27. The zero-order valence-electron chi connectivity index (χ0n) is 33.0. The van der Waals surface area contributed by atoms with Gasteiger partial charge < -0.3 is 20.1 Å². The Morgan fingerprint density at radius 3 is 1.62 bits per heavy atom. The van der Waals surface area contributed by atoms with Crippen molar-refractivity contribution in [1.29, 1.82) is 0 Å². The van der Waals surface area contributed by atoms with Crippen LogP contribution in [-0.2, 0) is 27.9 Å². The summed E-state index contributed by atoms with van der Waals surface area (Å²) >= 11 is 0. The lowest BCUT2D eigenvalue weighted by molar-refractivity contribution is -0.154. The van der Waals surface area contributed by atoms with Gasteiger partial charge in [0.1, 0.15) is 6.10 Å². The van der Waals surface area contributed by atoms with Gasteiger partial charge in [-0.1, -0.05) is 157 Å². The first kappa shape index (κ1) is 49.9. The fraction of sp³-hybridized carbons (Fsp3) is 0.698. The molecule has 2 atom stereocenters. The van der Waals surface area contributed by atoms with Crippen LogP contribution in [0.2, 0.25) is 0 Å². The molecule has 0 rings (SSSR count). The number of rotatable bonds is 38. The third-order valence-corrected chi connectivity index (χ3v) is 9.12. The predicted molar refractivity (Wildman–Crippen MR) is 219 cm³/mol. The first-order valence-corrected chi connectivity index (χ1v) is 21.9. The molecule has 2 unspecified atom stereocenters. The molecule has 3 N–H and O–H groups in total. The van der Waals surface area contributed by atoms with E-state index in [-0.39, 0.29) is 32.3 Å². The van der Waals surface area contributed by atoms with Crippen molar-refractivity contribution in [2.24, 2.45) is 5.73 Å². The Bertz CT molecular complexity index is 1020. The summed E-state index contributed by atoms with van der Waals surface area (Å²) in [6.45, 7) is 4.71. The molecule has 52 heavy (non-hydrogen) atoms. The molecule has 0 amide bonds. The second kappa shape index (κ2) is 40.1. The number of ether oxygens (including phenoxy) is 2. The van der Waals surface area contributed by atoms with Crippen molar-refractivity contribution in [2.45, 2.75) is 161 Å². The van der Waals surface area contributed by atoms with Crippen LogP contribution < -0.4 is 5.73 Å². The van der Waals surface area contributed by atoms with E-state index in [1.54, 1.807) is 0 Å². The fourth-order valence-corrected chi connectivity index (χ4v) is 5.94. The first-order valence-electron chi connectivity index (χ1n) is 20.4. The molecule has 0 aliphatic carbocycles. The minimum absolute atomic E-state index is 0.0954. The maximum absolute atomic E-state index is 12.4. The van der Waals surface area contributed by atoms with E-state index in [0.717, 1.165) is 83.5 Å². The molecule has 0 aliphatic rings. The third-order valence-electron chi connectivity index (χ3n) is 8.14. The zero-order chi connectivity index (χ0) is 38.1. The number of allylic oxidation sites excluding steroid dienone is 12. The maximum Gasteiger partial charge on any atom is 0.472 e. The van der Waals surface area contributed by atoms with Gasteiger partial charge >= 0.3 is 13.8 Å². The first-order chi connectivity index (χ1) is 25.4. The Balaban J connectivity index is 3.94. The van der Waals surface area contributed by atoms with Crippen LogP contribution in [0.5, 0.6) is 0 Å². The van der Waals surface area contributed by atoms with Crippen molar-refractivity contribution in [3.63, 3.8) is 0 Å². The molecule has 0 bridgehead atoms. The standard InChI is InChI=1S/C43H76NO7P/c1-3-5-7-9-11-12-13-14-15-16-17-18-19-20-21-22-23-24-25-26-27-28-29-31-33-35-38-48-40-42(41-50-52(46,47)49-39-37-44)51-43(45)36-34-32-30-10-8-6-4-2/h5,7,11-12,14-15,17-18,20-21,23-24,42H,3-4,6,8-10,13,16,19,22,25-41,44H2,1-2H3,(H,46,47)/b7-5-,12-11-,15-14-,18-17-,21-20-,24-23-. The van der Waals surface area contributed by atoms with Crippen molar-refractivity contribution in [1.82, 2.24) is 0 Å². The molecule has 9 heteroatoms. The van der Waals surface area contributed by atoms with Crippen LogP contribution in [0.3, 0.4) is 0 Å². The summed E-state index contributed by atoms with van der Waals surface area (Å²) in [5, 5.41) is 0. The van der Waals surface area contributed by atoms with E-state index in [1.165, 1.54) is 51.4 Å². The van der Waals surface area contributed by atoms with Gasteiger partial charge in [0.2, 0.25) is 0 Å². The Hall–Kier alpha value is -2.06. The molecule has 0 saturated carbocycles. The van der Waals surface area contributed by atoms with Crippen LogP contribution in [0.15, 0.2) is 72.9 Å². The van der Waals surface area contributed by atoms with Crippen molar-refractivity contribution < 1.29 is 32.8 Å². The van der Waals surface area contributed by atoms with E-state index >= 15 is 0 Å². The van der Waals surface area contributed by atoms with Gasteiger partial charge in [-0.05, 0) is 64.2 Å². The smallest absolute Gasteiger partial charge is 0.457 e. The van der Waals surface area contributed by atoms with E-state index < -0.39 is 13.9 Å². The molecule has 0 saturated heterocycles. The molecule has 8 nitrogen and oxygen atoms in total. The normalized spacial score (nSPS) is 14.3. The number of carbonyl (C=O) groups is 1. The number of carbonyl (C=O) groups excluding carboxylic acids is 1. The largest absolute Gasteiger partial charge is 0.472 e. The summed E-state index contributed by atoms with van der Waals surface area (Å²) in [6.07, 6.45) is 49.4. The van der Waals surface area contributed by atoms with Gasteiger partial charge in [0.05, 0.1) is 19.8 Å². The molecule has 0 aromatic rings. The lowest BCUT2D eigenvalue weighted by atomic mass is 10.1. The van der Waals surface area contributed by atoms with Crippen LogP contribution in [0.1, 0.15) is 155 Å². The summed E-state index contributed by atoms with van der Waals surface area (Å²) in [6, 6.07) is 0. The molecular formula is C43H76NO7P. The number of phosphoric ester groups is 1. The number of nitrogens with two attached hydrogens (primary N) is 1. The van der Waals surface area contributed by atoms with Crippen molar-refractivity contribution >= 4 is 13.8 Å². The molecule has 0 aromatic heterocycles. The maximum atomic E-state index is 12.4. The average Bonchev–Trinajstić information content (AvgIpc) is 3.13. The van der Waals surface area contributed by atoms with E-state index in [1.807, 2.05) is 0 Å². The molecule has 0 aliphatic heterocycles. The second-order valence-corrected chi connectivity index (χ2v) is 14.6. The SMILES string of the molecule is CC/C=C\C/C=C\C/C=C\C/C=C\C/C=C\C/C=C\CCCCCCCCCOCC(COP(=O)(O)OCCN)OC(=O)CCCCCCCCC. The summed E-state index contributed by atoms with van der Waals surface area (Å²) < 4.78 is 33.2. The Kier molecular flexibility index (Phi) is 38.5. The van der Waals surface area contributed by atoms with Gasteiger partial charge in [-0.15, -0.1) is 0 Å². The minimum Gasteiger partial charge on any atom is -0.457 e. The molecule has 0 radical (unpaired) electrons. The fourth-order valence-electron chi connectivity index (χ4n) is 5.17. The van der Waals surface area contributed by atoms with Crippen molar-refractivity contribution in [3.8, 4) is 0 Å². The molecule has 0 fully saturated rings. The number of esters is 1. The van der Waals surface area contributed by atoms with Crippen molar-refractivity contribution in [2.75, 3.05) is 33.0 Å². The van der Waals surface area contributed by atoms with Gasteiger partial charge in [0.25, 0.3) is 0 Å². The van der Waals surface area contributed by atoms with Crippen LogP contribution in [0.25, 0.3) is 0 Å². The highest BCUT2D eigenvalue weighted by Gasteiger charge is 2.25. The monoisotopic (exact) mass is 750 g/mol. The molecule has 0 aromatic carbocycles. The van der Waals surface area contributed by atoms with Crippen LogP contribution in [0, 0.1) is 0 Å². The van der Waals surface area contributed by atoms with Gasteiger partial charge in [-0.25, -0.2) is 4.57 Å². The van der Waals surface area contributed by atoms with E-state index in [2.05, 4.69) is 86.8 Å². The van der Waals surface area contributed by atoms with Gasteiger partial charge in [-0.2, -0.15) is 0 Å². The van der Waals surface area contributed by atoms with Crippen LogP contribution in [-0.4, -0.2) is 49.9 Å². The number of hydrogen-bond donors (Lipinski definition) is 2. The predicted octanol–water partition coefficient (Wildman–Crippen LogP) is 12.0. The lowest BCUT2D eigenvalue weighted by Gasteiger charge is -2.20. The average molecular weight is 750 g/mol. The molecule has 0 spiro atoms. The number of unbranched alkanes of at least 4 members (excludes halogenated alkanes) is 13. The number of hydrogen-bond acceptors (Lipinski definition) is 7. The highest BCUT2D eigenvalue weighted by molar-refractivity contribution is 7.47. The zero-order valence-corrected chi connectivity index (χ0v) is 33.9. The summed E-state index contributed by atoms with van der Waals surface area (Å²) in [5.41, 5.74) is 5.34. The van der Waals surface area contributed by atoms with Gasteiger partial charge in [0, 0.05) is 19.6 Å². The van der Waals surface area contributed by atoms with Crippen molar-refractivity contribution in [3.05, 3.63) is 72.9 Å². The Morgan fingerprint density at radius 2 is 1.08 bits per heavy atom. The van der Waals surface area contributed by atoms with E-state index in [4.69, 9.17) is 24.3 Å². The molecule has 0 heterocycles. The second-order valence-electron chi connectivity index (χ2n) is 13.1. The Labute approximate surface area is 318 Å². The van der Waals surface area contributed by atoms with Crippen LogP contribution in [0.4, 0.5) is 0 Å². The lowest BCUT2D eigenvalue weighted by Crippen LogP contribution is -2.28. The Morgan fingerprint density at radius 1 is 0.596 bits per heavy atom. The highest BCUT2D eigenvalue weighted by atomic mass is 31.2. The quantitative estimate of drug-likeness (QED) is 0.0277.